The highest BCUT2D eigenvalue weighted by Crippen LogP contribution is 2.23. The first-order valence-corrected chi connectivity index (χ1v) is 6.30. The molecule has 2 aromatic rings. The molecule has 0 saturated carbocycles. The number of aromatic nitrogens is 1. The molecule has 0 saturated heterocycles. The molecule has 0 aliphatic carbocycles. The number of carbonyl (C=O) groups is 1. The van der Waals surface area contributed by atoms with Crippen molar-refractivity contribution in [2.45, 2.75) is 13.3 Å². The van der Waals surface area contributed by atoms with Crippen LogP contribution in [-0.4, -0.2) is 16.1 Å². The number of carboxylic acid groups (broad SMARTS) is 1. The highest BCUT2D eigenvalue weighted by Gasteiger charge is 2.14. The van der Waals surface area contributed by atoms with Gasteiger partial charge in [-0.1, -0.05) is 17.7 Å². The summed E-state index contributed by atoms with van der Waals surface area (Å²) in [6.07, 6.45) is 0.443. The molecule has 1 N–H and O–H groups in total. The van der Waals surface area contributed by atoms with E-state index >= 15 is 0 Å². The predicted molar refractivity (Wildman–Crippen MR) is 68.0 cm³/mol. The topological polar surface area (TPSA) is 50.2 Å². The molecule has 94 valence electrons. The Morgan fingerprint density at radius 1 is 1.56 bits per heavy atom. The fourth-order valence-corrected chi connectivity index (χ4v) is 2.69. The number of carboxylic acids is 1. The first-order chi connectivity index (χ1) is 8.47. The van der Waals surface area contributed by atoms with Crippen molar-refractivity contribution in [3.8, 4) is 0 Å². The summed E-state index contributed by atoms with van der Waals surface area (Å²) in [7, 11) is 0. The van der Waals surface area contributed by atoms with E-state index in [1.807, 2.05) is 0 Å². The number of nitrogens with zero attached hydrogens (tertiary/aromatic N) is 1. The Balaban J connectivity index is 2.26. The molecule has 0 unspecified atom stereocenters. The lowest BCUT2D eigenvalue weighted by Crippen LogP contribution is -1.94. The Kier molecular flexibility index (Phi) is 3.63. The minimum absolute atomic E-state index is 0.0548. The summed E-state index contributed by atoms with van der Waals surface area (Å²) in [6, 6.07) is 4.42. The lowest BCUT2D eigenvalue weighted by Gasteiger charge is -1.99. The standard InChI is InChI=1S/C12H9ClFNO2S/c1-6-11(12(16)17)18-10(15-6)5-7-2-3-9(14)8(13)4-7/h2-4H,5H2,1H3,(H,16,17). The average Bonchev–Trinajstić information content (AvgIpc) is 2.65. The molecule has 0 spiro atoms. The number of rotatable bonds is 3. The molecule has 2 rings (SSSR count). The number of hydrogen-bond acceptors (Lipinski definition) is 3. The molecule has 6 heteroatoms. The summed E-state index contributed by atoms with van der Waals surface area (Å²) in [5.41, 5.74) is 1.29. The molecule has 18 heavy (non-hydrogen) atoms. The molecule has 1 heterocycles. The van der Waals surface area contributed by atoms with Crippen molar-refractivity contribution in [1.29, 1.82) is 0 Å². The molecule has 3 nitrogen and oxygen atoms in total. The SMILES string of the molecule is Cc1nc(Cc2ccc(F)c(Cl)c2)sc1C(=O)O. The van der Waals surface area contributed by atoms with Crippen LogP contribution in [0.5, 0.6) is 0 Å². The first-order valence-electron chi connectivity index (χ1n) is 5.11. The van der Waals surface area contributed by atoms with Crippen LogP contribution < -0.4 is 0 Å². The molecule has 0 amide bonds. The van der Waals surface area contributed by atoms with E-state index in [1.54, 1.807) is 13.0 Å². The third-order valence-electron chi connectivity index (χ3n) is 2.37. The second kappa shape index (κ2) is 5.04. The van der Waals surface area contributed by atoms with E-state index in [-0.39, 0.29) is 9.90 Å². The lowest BCUT2D eigenvalue weighted by molar-refractivity contribution is 0.0701. The molecule has 0 bridgehead atoms. The normalized spacial score (nSPS) is 10.6. The summed E-state index contributed by atoms with van der Waals surface area (Å²) in [5.74, 6) is -1.45. The summed E-state index contributed by atoms with van der Waals surface area (Å²) < 4.78 is 13.0. The van der Waals surface area contributed by atoms with Crippen molar-refractivity contribution >= 4 is 28.9 Å². The number of halogens is 2. The molecular formula is C12H9ClFNO2S. The number of thiazole rings is 1. The molecule has 0 radical (unpaired) electrons. The van der Waals surface area contributed by atoms with Crippen LogP contribution in [0.15, 0.2) is 18.2 Å². The smallest absolute Gasteiger partial charge is 0.347 e. The van der Waals surface area contributed by atoms with E-state index in [4.69, 9.17) is 16.7 Å². The number of benzene rings is 1. The van der Waals surface area contributed by atoms with Crippen LogP contribution in [0.25, 0.3) is 0 Å². The van der Waals surface area contributed by atoms with Gasteiger partial charge >= 0.3 is 5.97 Å². The van der Waals surface area contributed by atoms with Crippen molar-refractivity contribution < 1.29 is 14.3 Å². The van der Waals surface area contributed by atoms with Crippen molar-refractivity contribution in [3.63, 3.8) is 0 Å². The lowest BCUT2D eigenvalue weighted by atomic mass is 10.1. The van der Waals surface area contributed by atoms with Gasteiger partial charge in [-0.05, 0) is 24.6 Å². The van der Waals surface area contributed by atoms with Crippen LogP contribution >= 0.6 is 22.9 Å². The second-order valence-corrected chi connectivity index (χ2v) is 5.24. The van der Waals surface area contributed by atoms with Crippen molar-refractivity contribution in [3.05, 3.63) is 50.2 Å². The molecule has 0 aliphatic rings. The highest BCUT2D eigenvalue weighted by molar-refractivity contribution is 7.13. The van der Waals surface area contributed by atoms with E-state index < -0.39 is 11.8 Å². The maximum Gasteiger partial charge on any atom is 0.347 e. The van der Waals surface area contributed by atoms with Gasteiger partial charge in [-0.25, -0.2) is 14.2 Å². The van der Waals surface area contributed by atoms with Gasteiger partial charge in [0.25, 0.3) is 0 Å². The summed E-state index contributed by atoms with van der Waals surface area (Å²) in [4.78, 5) is 15.3. The molecule has 0 atom stereocenters. The van der Waals surface area contributed by atoms with Crippen LogP contribution in [-0.2, 0) is 6.42 Å². The maximum absolute atomic E-state index is 13.0. The van der Waals surface area contributed by atoms with Crippen molar-refractivity contribution in [2.24, 2.45) is 0 Å². The van der Waals surface area contributed by atoms with Crippen molar-refractivity contribution in [1.82, 2.24) is 4.98 Å². The van der Waals surface area contributed by atoms with Gasteiger partial charge in [-0.3, -0.25) is 0 Å². The Labute approximate surface area is 112 Å². The Bertz CT molecular complexity index is 612. The molecule has 1 aromatic carbocycles. The number of hydrogen-bond donors (Lipinski definition) is 1. The zero-order valence-electron chi connectivity index (χ0n) is 9.41. The number of aryl methyl sites for hydroxylation is 1. The molecular weight excluding hydrogens is 277 g/mol. The molecule has 0 fully saturated rings. The summed E-state index contributed by atoms with van der Waals surface area (Å²) in [6.45, 7) is 1.65. The van der Waals surface area contributed by atoms with Crippen LogP contribution in [0.2, 0.25) is 5.02 Å². The Morgan fingerprint density at radius 2 is 2.28 bits per heavy atom. The van der Waals surface area contributed by atoms with Gasteiger partial charge in [-0.15, -0.1) is 11.3 Å². The fraction of sp³-hybridized carbons (Fsp3) is 0.167. The van der Waals surface area contributed by atoms with Gasteiger partial charge in [-0.2, -0.15) is 0 Å². The monoisotopic (exact) mass is 285 g/mol. The first kappa shape index (κ1) is 13.0. The van der Waals surface area contributed by atoms with E-state index in [2.05, 4.69) is 4.98 Å². The van der Waals surface area contributed by atoms with Gasteiger partial charge in [0.15, 0.2) is 0 Å². The largest absolute Gasteiger partial charge is 0.477 e. The van der Waals surface area contributed by atoms with E-state index in [1.165, 1.54) is 12.1 Å². The third-order valence-corrected chi connectivity index (χ3v) is 3.81. The minimum atomic E-state index is -0.978. The molecule has 1 aromatic heterocycles. The zero-order valence-corrected chi connectivity index (χ0v) is 11.0. The predicted octanol–water partition coefficient (Wildman–Crippen LogP) is 3.53. The van der Waals surface area contributed by atoms with Gasteiger partial charge < -0.3 is 5.11 Å². The van der Waals surface area contributed by atoms with Gasteiger partial charge in [0, 0.05) is 6.42 Å². The van der Waals surface area contributed by atoms with Gasteiger partial charge in [0.2, 0.25) is 0 Å². The van der Waals surface area contributed by atoms with Crippen LogP contribution in [0.1, 0.15) is 25.9 Å². The Morgan fingerprint density at radius 3 is 2.83 bits per heavy atom. The van der Waals surface area contributed by atoms with Crippen molar-refractivity contribution in [2.75, 3.05) is 0 Å². The summed E-state index contributed by atoms with van der Waals surface area (Å²) >= 11 is 6.81. The van der Waals surface area contributed by atoms with E-state index in [9.17, 15) is 9.18 Å². The van der Waals surface area contributed by atoms with Crippen LogP contribution in [0, 0.1) is 12.7 Å². The number of aromatic carboxylic acids is 1. The van der Waals surface area contributed by atoms with Gasteiger partial charge in [0.05, 0.1) is 15.7 Å². The highest BCUT2D eigenvalue weighted by atomic mass is 35.5. The summed E-state index contributed by atoms with van der Waals surface area (Å²) in [5, 5.41) is 9.65. The average molecular weight is 286 g/mol. The third kappa shape index (κ3) is 2.68. The maximum atomic E-state index is 13.0. The minimum Gasteiger partial charge on any atom is -0.477 e. The van der Waals surface area contributed by atoms with E-state index in [0.717, 1.165) is 16.9 Å². The molecule has 0 aliphatic heterocycles. The zero-order chi connectivity index (χ0) is 13.3. The Hall–Kier alpha value is -1.46. The fourth-order valence-electron chi connectivity index (χ4n) is 1.55. The van der Waals surface area contributed by atoms with Gasteiger partial charge in [0.1, 0.15) is 10.7 Å². The second-order valence-electron chi connectivity index (χ2n) is 3.75. The quantitative estimate of drug-likeness (QED) is 0.938. The van der Waals surface area contributed by atoms with Crippen LogP contribution in [0.4, 0.5) is 4.39 Å². The van der Waals surface area contributed by atoms with E-state index in [0.29, 0.717) is 17.1 Å². The van der Waals surface area contributed by atoms with Crippen LogP contribution in [0.3, 0.4) is 0 Å².